The molecule has 3 aromatic carbocycles. The Balaban J connectivity index is 1.46. The van der Waals surface area contributed by atoms with Gasteiger partial charge in [0.05, 0.1) is 6.04 Å². The molecule has 162 valence electrons. The fourth-order valence-electron chi connectivity index (χ4n) is 4.54. The van der Waals surface area contributed by atoms with Crippen molar-refractivity contribution in [3.8, 4) is 0 Å². The number of halogens is 1. The summed E-state index contributed by atoms with van der Waals surface area (Å²) in [4.78, 5) is 18.5. The maximum absolute atomic E-state index is 13.6. The Kier molecular flexibility index (Phi) is 7.39. The number of Topliss-reactive ketones (excluding diaryl/α,β-unsaturated/α-hetero) is 1. The van der Waals surface area contributed by atoms with Crippen LogP contribution in [0.2, 0.25) is 5.02 Å². The van der Waals surface area contributed by atoms with Gasteiger partial charge in [0.25, 0.3) is 0 Å². The Labute approximate surface area is 190 Å². The lowest BCUT2D eigenvalue weighted by molar-refractivity contribution is 0.0628. The number of piperazine rings is 1. The number of carbonyl (C=O) groups excluding carboxylic acids is 1. The topological polar surface area (TPSA) is 23.6 Å². The van der Waals surface area contributed by atoms with Crippen molar-refractivity contribution in [2.45, 2.75) is 38.8 Å². The molecule has 0 bridgehead atoms. The van der Waals surface area contributed by atoms with E-state index in [-0.39, 0.29) is 11.8 Å². The Morgan fingerprint density at radius 2 is 1.74 bits per heavy atom. The molecule has 3 aromatic rings. The zero-order valence-electron chi connectivity index (χ0n) is 18.3. The van der Waals surface area contributed by atoms with E-state index in [1.807, 2.05) is 36.4 Å². The van der Waals surface area contributed by atoms with Gasteiger partial charge < -0.3 is 0 Å². The van der Waals surface area contributed by atoms with Gasteiger partial charge in [-0.15, -0.1) is 0 Å². The van der Waals surface area contributed by atoms with Gasteiger partial charge in [-0.2, -0.15) is 0 Å². The van der Waals surface area contributed by atoms with Crippen LogP contribution in [0.5, 0.6) is 0 Å². The number of hydrogen-bond donors (Lipinski definition) is 0. The molecular formula is C27H31ClN2O. The van der Waals surface area contributed by atoms with Crippen molar-refractivity contribution in [1.82, 2.24) is 9.80 Å². The van der Waals surface area contributed by atoms with Crippen LogP contribution >= 0.6 is 11.6 Å². The van der Waals surface area contributed by atoms with Gasteiger partial charge in [0.1, 0.15) is 0 Å². The van der Waals surface area contributed by atoms with Crippen LogP contribution in [0.4, 0.5) is 0 Å². The van der Waals surface area contributed by atoms with Crippen LogP contribution in [-0.2, 0) is 6.54 Å². The summed E-state index contributed by atoms with van der Waals surface area (Å²) in [6, 6.07) is 22.4. The molecule has 4 rings (SSSR count). The SMILES string of the molecule is CCCCC(C(=O)c1ccc2c(Cl)cccc2c1)N1CCN(Cc2ccccc2)CC1. The van der Waals surface area contributed by atoms with Crippen LogP contribution in [-0.4, -0.2) is 47.8 Å². The minimum Gasteiger partial charge on any atom is -0.297 e. The van der Waals surface area contributed by atoms with Gasteiger partial charge in [0.15, 0.2) is 5.78 Å². The number of fused-ring (bicyclic) bond motifs is 1. The van der Waals surface area contributed by atoms with Gasteiger partial charge >= 0.3 is 0 Å². The first-order chi connectivity index (χ1) is 15.2. The Morgan fingerprint density at radius 3 is 2.48 bits per heavy atom. The summed E-state index contributed by atoms with van der Waals surface area (Å²) < 4.78 is 0. The molecule has 0 aliphatic carbocycles. The standard InChI is InChI=1S/C27H31ClN2O/c1-2-3-12-26(27(31)23-13-14-24-22(19-23)10-7-11-25(24)28)30-17-15-29(16-18-30)20-21-8-5-4-6-9-21/h4-11,13-14,19,26H,2-3,12,15-18,20H2,1H3. The maximum atomic E-state index is 13.6. The number of rotatable bonds is 8. The van der Waals surface area contributed by atoms with Crippen molar-refractivity contribution in [2.24, 2.45) is 0 Å². The number of carbonyl (C=O) groups is 1. The summed E-state index contributed by atoms with van der Waals surface area (Å²) in [5, 5.41) is 2.76. The summed E-state index contributed by atoms with van der Waals surface area (Å²) in [6.45, 7) is 7.04. The third-order valence-electron chi connectivity index (χ3n) is 6.34. The normalized spacial score (nSPS) is 16.5. The van der Waals surface area contributed by atoms with E-state index in [1.165, 1.54) is 5.56 Å². The average molecular weight is 435 g/mol. The highest BCUT2D eigenvalue weighted by atomic mass is 35.5. The number of unbranched alkanes of at least 4 members (excludes halogenated alkanes) is 1. The van der Waals surface area contributed by atoms with E-state index in [1.54, 1.807) is 0 Å². The second kappa shape index (κ2) is 10.4. The summed E-state index contributed by atoms with van der Waals surface area (Å²) in [6.07, 6.45) is 3.09. The van der Waals surface area contributed by atoms with E-state index < -0.39 is 0 Å². The predicted octanol–water partition coefficient (Wildman–Crippen LogP) is 6.05. The second-order valence-electron chi connectivity index (χ2n) is 8.50. The van der Waals surface area contributed by atoms with E-state index in [0.717, 1.165) is 73.3 Å². The predicted molar refractivity (Wildman–Crippen MR) is 130 cm³/mol. The number of hydrogen-bond acceptors (Lipinski definition) is 3. The highest BCUT2D eigenvalue weighted by Crippen LogP contribution is 2.26. The molecule has 1 aliphatic heterocycles. The van der Waals surface area contributed by atoms with Crippen LogP contribution in [0.1, 0.15) is 42.1 Å². The van der Waals surface area contributed by atoms with Crippen molar-refractivity contribution in [2.75, 3.05) is 26.2 Å². The van der Waals surface area contributed by atoms with Gasteiger partial charge in [-0.25, -0.2) is 0 Å². The molecule has 0 spiro atoms. The first kappa shape index (κ1) is 22.0. The van der Waals surface area contributed by atoms with Crippen LogP contribution < -0.4 is 0 Å². The lowest BCUT2D eigenvalue weighted by Gasteiger charge is -2.39. The van der Waals surface area contributed by atoms with E-state index in [4.69, 9.17) is 11.6 Å². The van der Waals surface area contributed by atoms with Crippen molar-refractivity contribution < 1.29 is 4.79 Å². The highest BCUT2D eigenvalue weighted by molar-refractivity contribution is 6.35. The Hall–Kier alpha value is -2.20. The van der Waals surface area contributed by atoms with Crippen LogP contribution in [0.3, 0.4) is 0 Å². The summed E-state index contributed by atoms with van der Waals surface area (Å²) in [5.74, 6) is 0.242. The molecule has 0 N–H and O–H groups in total. The Bertz CT molecular complexity index is 1010. The fourth-order valence-corrected chi connectivity index (χ4v) is 4.79. The van der Waals surface area contributed by atoms with E-state index in [9.17, 15) is 4.79 Å². The highest BCUT2D eigenvalue weighted by Gasteiger charge is 2.29. The largest absolute Gasteiger partial charge is 0.297 e. The van der Waals surface area contributed by atoms with Crippen LogP contribution in [0, 0.1) is 0 Å². The lowest BCUT2D eigenvalue weighted by Crippen LogP contribution is -2.52. The second-order valence-corrected chi connectivity index (χ2v) is 8.90. The third kappa shape index (κ3) is 5.35. The molecule has 1 fully saturated rings. The zero-order valence-corrected chi connectivity index (χ0v) is 19.0. The van der Waals surface area contributed by atoms with E-state index >= 15 is 0 Å². The molecule has 0 saturated carbocycles. The van der Waals surface area contributed by atoms with Crippen LogP contribution in [0.15, 0.2) is 66.7 Å². The van der Waals surface area contributed by atoms with Crippen molar-refractivity contribution in [3.05, 3.63) is 82.9 Å². The molecule has 1 heterocycles. The first-order valence-corrected chi connectivity index (χ1v) is 11.8. The van der Waals surface area contributed by atoms with Gasteiger partial charge in [0, 0.05) is 48.7 Å². The molecule has 1 aliphatic rings. The van der Waals surface area contributed by atoms with Gasteiger partial charge in [-0.1, -0.05) is 86.0 Å². The lowest BCUT2D eigenvalue weighted by atomic mass is 9.95. The molecule has 0 aromatic heterocycles. The average Bonchev–Trinajstić information content (AvgIpc) is 2.81. The number of ketones is 1. The van der Waals surface area contributed by atoms with Gasteiger partial charge in [0.2, 0.25) is 0 Å². The number of nitrogens with zero attached hydrogens (tertiary/aromatic N) is 2. The van der Waals surface area contributed by atoms with E-state index in [0.29, 0.717) is 0 Å². The monoisotopic (exact) mass is 434 g/mol. The Morgan fingerprint density at radius 1 is 0.968 bits per heavy atom. The first-order valence-electron chi connectivity index (χ1n) is 11.4. The molecule has 4 heteroatoms. The molecule has 1 saturated heterocycles. The van der Waals surface area contributed by atoms with Gasteiger partial charge in [-0.05, 0) is 29.5 Å². The van der Waals surface area contributed by atoms with Crippen molar-refractivity contribution in [1.29, 1.82) is 0 Å². The molecule has 0 amide bonds. The zero-order chi connectivity index (χ0) is 21.6. The molecule has 3 nitrogen and oxygen atoms in total. The summed E-state index contributed by atoms with van der Waals surface area (Å²) in [7, 11) is 0. The maximum Gasteiger partial charge on any atom is 0.179 e. The minimum atomic E-state index is -0.0459. The van der Waals surface area contributed by atoms with Gasteiger partial charge in [-0.3, -0.25) is 14.6 Å². The van der Waals surface area contributed by atoms with Crippen molar-refractivity contribution >= 4 is 28.2 Å². The van der Waals surface area contributed by atoms with Crippen LogP contribution in [0.25, 0.3) is 10.8 Å². The molecule has 1 atom stereocenters. The van der Waals surface area contributed by atoms with Crippen molar-refractivity contribution in [3.63, 3.8) is 0 Å². The number of benzene rings is 3. The fraction of sp³-hybridized carbons (Fsp3) is 0.370. The molecule has 31 heavy (non-hydrogen) atoms. The third-order valence-corrected chi connectivity index (χ3v) is 6.67. The minimum absolute atomic E-state index is 0.0459. The smallest absolute Gasteiger partial charge is 0.179 e. The summed E-state index contributed by atoms with van der Waals surface area (Å²) >= 11 is 6.32. The quantitative estimate of drug-likeness (QED) is 0.403. The summed E-state index contributed by atoms with van der Waals surface area (Å²) in [5.41, 5.74) is 2.15. The molecule has 0 radical (unpaired) electrons. The molecule has 1 unspecified atom stereocenters. The molecular weight excluding hydrogens is 404 g/mol. The van der Waals surface area contributed by atoms with E-state index in [2.05, 4.69) is 47.1 Å².